The lowest BCUT2D eigenvalue weighted by Gasteiger charge is -2.40. The number of alkyl halides is 2. The fourth-order valence-electron chi connectivity index (χ4n) is 5.95. The van der Waals surface area contributed by atoms with E-state index in [9.17, 15) is 9.50 Å². The Bertz CT molecular complexity index is 847. The highest BCUT2D eigenvalue weighted by Crippen LogP contribution is 2.32. The van der Waals surface area contributed by atoms with Crippen LogP contribution < -0.4 is 10.6 Å². The Kier molecular flexibility index (Phi) is 8.89. The number of nitrogens with one attached hydrogen (secondary N) is 2. The van der Waals surface area contributed by atoms with Gasteiger partial charge in [-0.2, -0.15) is 0 Å². The van der Waals surface area contributed by atoms with E-state index in [-0.39, 0.29) is 36.2 Å². The summed E-state index contributed by atoms with van der Waals surface area (Å²) in [7, 11) is 0. The first-order valence-corrected chi connectivity index (χ1v) is 14.2. The van der Waals surface area contributed by atoms with Crippen LogP contribution in [0.15, 0.2) is 35.0 Å². The number of aliphatic hydroxyl groups excluding tert-OH is 1. The van der Waals surface area contributed by atoms with Crippen molar-refractivity contribution < 1.29 is 19.0 Å². The average Bonchev–Trinajstić information content (AvgIpc) is 3.15. The lowest BCUT2D eigenvalue weighted by atomic mass is 9.87. The molecule has 0 aromatic rings. The van der Waals surface area contributed by atoms with Crippen LogP contribution in [-0.2, 0) is 9.47 Å². The molecule has 1 saturated carbocycles. The van der Waals surface area contributed by atoms with E-state index >= 15 is 0 Å². The van der Waals surface area contributed by atoms with Gasteiger partial charge in [0.05, 0.1) is 31.1 Å². The van der Waals surface area contributed by atoms with Gasteiger partial charge in [0, 0.05) is 31.0 Å². The third-order valence-electron chi connectivity index (χ3n) is 8.36. The maximum Gasteiger partial charge on any atom is 0.187 e. The molecule has 0 bridgehead atoms. The highest BCUT2D eigenvalue weighted by molar-refractivity contribution is 6.29. The standard InChI is InChI=1S/C26H39Cl2FN4O3/c27-19-5-4-18(21(29)12-19)16-36-25-3-1-2-22(30-25)17-6-9-32(10-7-17)14-24-31-26(28)23(15-34)33(24)13-20-8-11-35-20/h1-3,17-22,24,30-31,34H,4-16H2/t18?,19?,20-,21?,22?,24?/m0/s1. The van der Waals surface area contributed by atoms with Gasteiger partial charge in [-0.3, -0.25) is 4.90 Å². The number of aliphatic hydroxyl groups is 1. The van der Waals surface area contributed by atoms with Gasteiger partial charge in [-0.25, -0.2) is 4.39 Å². The second kappa shape index (κ2) is 12.1. The maximum atomic E-state index is 14.3. The number of nitrogens with zero attached hydrogens (tertiary/aromatic N) is 2. The van der Waals surface area contributed by atoms with E-state index in [4.69, 9.17) is 32.7 Å². The van der Waals surface area contributed by atoms with Crippen molar-refractivity contribution in [1.82, 2.24) is 20.4 Å². The van der Waals surface area contributed by atoms with Crippen molar-refractivity contribution in [3.05, 3.63) is 35.0 Å². The average molecular weight is 546 g/mol. The normalized spacial score (nSPS) is 35.8. The molecule has 0 spiro atoms. The molecule has 5 aliphatic rings. The van der Waals surface area contributed by atoms with Gasteiger partial charge < -0.3 is 30.1 Å². The minimum atomic E-state index is -0.883. The van der Waals surface area contributed by atoms with Crippen LogP contribution in [0.2, 0.25) is 0 Å². The van der Waals surface area contributed by atoms with Crippen LogP contribution in [0, 0.1) is 11.8 Å². The van der Waals surface area contributed by atoms with Crippen molar-refractivity contribution >= 4 is 23.2 Å². The predicted octanol–water partition coefficient (Wildman–Crippen LogP) is 3.25. The van der Waals surface area contributed by atoms with Crippen molar-refractivity contribution in [2.24, 2.45) is 11.8 Å². The van der Waals surface area contributed by atoms with Crippen molar-refractivity contribution in [2.45, 2.75) is 68.4 Å². The Morgan fingerprint density at radius 1 is 1.14 bits per heavy atom. The molecule has 4 aliphatic heterocycles. The number of halogens is 3. The first-order chi connectivity index (χ1) is 17.5. The molecule has 6 atom stereocenters. The number of hydrogen-bond acceptors (Lipinski definition) is 7. The zero-order valence-electron chi connectivity index (χ0n) is 20.8. The minimum absolute atomic E-state index is 0.0456. The lowest BCUT2D eigenvalue weighted by molar-refractivity contribution is -0.0688. The predicted molar refractivity (Wildman–Crippen MR) is 139 cm³/mol. The fourth-order valence-corrected chi connectivity index (χ4v) is 6.54. The summed E-state index contributed by atoms with van der Waals surface area (Å²) in [6, 6.07) is 0.223. The second-order valence-corrected chi connectivity index (χ2v) is 11.7. The topological polar surface area (TPSA) is 69.2 Å². The number of ether oxygens (including phenoxy) is 2. The number of piperidine rings is 1. The monoisotopic (exact) mass is 544 g/mol. The van der Waals surface area contributed by atoms with Gasteiger partial charge in [0.25, 0.3) is 0 Å². The summed E-state index contributed by atoms with van der Waals surface area (Å²) in [4.78, 5) is 4.65. The van der Waals surface area contributed by atoms with Gasteiger partial charge in [-0.15, -0.1) is 11.6 Å². The van der Waals surface area contributed by atoms with E-state index in [0.717, 1.165) is 76.5 Å². The molecule has 0 aromatic carbocycles. The molecular weight excluding hydrogens is 506 g/mol. The molecule has 2 saturated heterocycles. The summed E-state index contributed by atoms with van der Waals surface area (Å²) in [5, 5.41) is 17.2. The molecule has 1 aliphatic carbocycles. The molecule has 36 heavy (non-hydrogen) atoms. The summed E-state index contributed by atoms with van der Waals surface area (Å²) in [5.41, 5.74) is 0.762. The Labute approximate surface area is 223 Å². The first-order valence-electron chi connectivity index (χ1n) is 13.4. The van der Waals surface area contributed by atoms with Gasteiger partial charge in [-0.1, -0.05) is 23.8 Å². The quantitative estimate of drug-likeness (QED) is 0.304. The number of allylic oxidation sites excluding steroid dienone is 2. The summed E-state index contributed by atoms with van der Waals surface area (Å²) >= 11 is 12.5. The largest absolute Gasteiger partial charge is 0.479 e. The summed E-state index contributed by atoms with van der Waals surface area (Å²) in [5.74, 6) is 1.17. The van der Waals surface area contributed by atoms with E-state index < -0.39 is 6.17 Å². The molecule has 3 fully saturated rings. The van der Waals surface area contributed by atoms with Crippen LogP contribution >= 0.6 is 23.2 Å². The number of dihydropyridines is 1. The Morgan fingerprint density at radius 2 is 1.94 bits per heavy atom. The van der Waals surface area contributed by atoms with E-state index in [2.05, 4.69) is 32.6 Å². The zero-order chi connectivity index (χ0) is 25.1. The van der Waals surface area contributed by atoms with Crippen LogP contribution in [0.5, 0.6) is 0 Å². The van der Waals surface area contributed by atoms with Crippen molar-refractivity contribution in [3.63, 3.8) is 0 Å². The second-order valence-electron chi connectivity index (χ2n) is 10.7. The van der Waals surface area contributed by atoms with E-state index in [1.165, 1.54) is 0 Å². The van der Waals surface area contributed by atoms with Crippen LogP contribution in [0.3, 0.4) is 0 Å². The van der Waals surface area contributed by atoms with Gasteiger partial charge in [-0.05, 0) is 63.6 Å². The highest BCUT2D eigenvalue weighted by Gasteiger charge is 2.36. The van der Waals surface area contributed by atoms with Gasteiger partial charge in [0.2, 0.25) is 0 Å². The van der Waals surface area contributed by atoms with Crippen molar-refractivity contribution in [3.8, 4) is 0 Å². The van der Waals surface area contributed by atoms with Crippen LogP contribution in [-0.4, -0.2) is 90.8 Å². The van der Waals surface area contributed by atoms with E-state index in [1.54, 1.807) is 0 Å². The fraction of sp³-hybridized carbons (Fsp3) is 0.769. The number of hydrogen-bond donors (Lipinski definition) is 3. The highest BCUT2D eigenvalue weighted by atomic mass is 35.5. The summed E-state index contributed by atoms with van der Waals surface area (Å²) in [6.45, 7) is 4.73. The minimum Gasteiger partial charge on any atom is -0.479 e. The Hall–Kier alpha value is -1.19. The molecule has 10 heteroatoms. The molecule has 0 radical (unpaired) electrons. The summed E-state index contributed by atoms with van der Waals surface area (Å²) < 4.78 is 25.9. The molecule has 4 heterocycles. The van der Waals surface area contributed by atoms with Crippen molar-refractivity contribution in [1.29, 1.82) is 0 Å². The van der Waals surface area contributed by atoms with E-state index in [0.29, 0.717) is 24.1 Å². The molecule has 0 amide bonds. The molecule has 3 N–H and O–H groups in total. The Morgan fingerprint density at radius 3 is 2.64 bits per heavy atom. The van der Waals surface area contributed by atoms with E-state index in [1.807, 2.05) is 6.08 Å². The third kappa shape index (κ3) is 6.26. The smallest absolute Gasteiger partial charge is 0.187 e. The van der Waals surface area contributed by atoms with Crippen LogP contribution in [0.1, 0.15) is 38.5 Å². The molecule has 0 aromatic heterocycles. The maximum absolute atomic E-state index is 14.3. The molecule has 7 nitrogen and oxygen atoms in total. The van der Waals surface area contributed by atoms with Crippen LogP contribution in [0.25, 0.3) is 0 Å². The SMILES string of the molecule is OCC1=C(Cl)NC(CN2CCC(C3C=CC=C(OCC4CCC(Cl)CC4F)N3)CC2)N1C[C@@H]1CCO1. The summed E-state index contributed by atoms with van der Waals surface area (Å²) in [6.07, 6.45) is 10.8. The van der Waals surface area contributed by atoms with Gasteiger partial charge >= 0.3 is 0 Å². The van der Waals surface area contributed by atoms with Gasteiger partial charge in [0.1, 0.15) is 17.5 Å². The molecular formula is C26H39Cl2FN4O3. The third-order valence-corrected chi connectivity index (χ3v) is 9.08. The molecule has 5 rings (SSSR count). The van der Waals surface area contributed by atoms with Crippen molar-refractivity contribution in [2.75, 3.05) is 46.0 Å². The molecule has 5 unspecified atom stereocenters. The van der Waals surface area contributed by atoms with Crippen LogP contribution in [0.4, 0.5) is 4.39 Å². The number of rotatable bonds is 9. The Balaban J connectivity index is 1.06. The lowest BCUT2D eigenvalue weighted by Crippen LogP contribution is -2.52. The zero-order valence-corrected chi connectivity index (χ0v) is 22.3. The number of likely N-dealkylation sites (tertiary alicyclic amines) is 1. The van der Waals surface area contributed by atoms with Gasteiger partial charge in [0.15, 0.2) is 5.88 Å². The first kappa shape index (κ1) is 26.4. The molecule has 202 valence electrons.